The van der Waals surface area contributed by atoms with Gasteiger partial charge in [-0.25, -0.2) is 4.98 Å². The number of hydrogen-bond donors (Lipinski definition) is 2. The number of anilines is 1. The van der Waals surface area contributed by atoms with E-state index in [1.165, 1.54) is 12.4 Å². The first-order valence-corrected chi connectivity index (χ1v) is 9.26. The van der Waals surface area contributed by atoms with E-state index in [-0.39, 0.29) is 23.3 Å². The summed E-state index contributed by atoms with van der Waals surface area (Å²) in [4.78, 5) is 33.9. The largest absolute Gasteiger partial charge is 0.340 e. The topological polar surface area (TPSA) is 78.1 Å². The van der Waals surface area contributed by atoms with Gasteiger partial charge in [0.15, 0.2) is 5.69 Å². The molecule has 2 amide bonds. The number of carbonyl (C=O) groups is 2. The maximum absolute atomic E-state index is 12.9. The van der Waals surface area contributed by atoms with Crippen molar-refractivity contribution in [2.75, 3.05) is 12.4 Å². The molecule has 1 aromatic heterocycles. The van der Waals surface area contributed by atoms with Crippen LogP contribution in [0.15, 0.2) is 54.9 Å². The second-order valence-electron chi connectivity index (χ2n) is 6.21. The first-order chi connectivity index (χ1) is 13.4. The summed E-state index contributed by atoms with van der Waals surface area (Å²) in [6.07, 6.45) is 1.32. The van der Waals surface area contributed by atoms with Crippen molar-refractivity contribution in [1.82, 2.24) is 14.9 Å². The van der Waals surface area contributed by atoms with Crippen LogP contribution in [0, 0.1) is 0 Å². The number of nitrogens with one attached hydrogen (secondary N) is 2. The van der Waals surface area contributed by atoms with Crippen molar-refractivity contribution in [1.29, 1.82) is 0 Å². The molecule has 3 aromatic rings. The van der Waals surface area contributed by atoms with Crippen LogP contribution in [0.4, 0.5) is 5.69 Å². The second-order valence-corrected chi connectivity index (χ2v) is 7.03. The lowest BCUT2D eigenvalue weighted by molar-refractivity contribution is 0.0732. The zero-order valence-electron chi connectivity index (χ0n) is 15.2. The SMILES string of the molecule is C[C@H](c1ccccc1)N(C)C(=O)c1[nH]cnc1C(=O)Nc1ccc(Cl)c(Cl)c1. The van der Waals surface area contributed by atoms with Gasteiger partial charge in [-0.15, -0.1) is 0 Å². The fourth-order valence-electron chi connectivity index (χ4n) is 2.70. The minimum absolute atomic E-state index is 0.00295. The Morgan fingerprint density at radius 3 is 2.50 bits per heavy atom. The van der Waals surface area contributed by atoms with Gasteiger partial charge in [0, 0.05) is 12.7 Å². The lowest BCUT2D eigenvalue weighted by Gasteiger charge is -2.25. The van der Waals surface area contributed by atoms with Gasteiger partial charge in [-0.3, -0.25) is 9.59 Å². The van der Waals surface area contributed by atoms with Crippen molar-refractivity contribution in [2.24, 2.45) is 0 Å². The Kier molecular flexibility index (Phi) is 6.02. The molecule has 28 heavy (non-hydrogen) atoms. The Bertz CT molecular complexity index is 1000. The van der Waals surface area contributed by atoms with Crippen molar-refractivity contribution >= 4 is 40.7 Å². The van der Waals surface area contributed by atoms with Gasteiger partial charge in [-0.2, -0.15) is 0 Å². The summed E-state index contributed by atoms with van der Waals surface area (Å²) in [5.41, 5.74) is 1.55. The van der Waals surface area contributed by atoms with E-state index < -0.39 is 5.91 Å². The molecule has 8 heteroatoms. The Morgan fingerprint density at radius 2 is 1.82 bits per heavy atom. The van der Waals surface area contributed by atoms with Crippen LogP contribution in [0.25, 0.3) is 0 Å². The van der Waals surface area contributed by atoms with E-state index in [0.717, 1.165) is 5.56 Å². The Balaban J connectivity index is 1.79. The highest BCUT2D eigenvalue weighted by Crippen LogP contribution is 2.26. The smallest absolute Gasteiger partial charge is 0.276 e. The number of rotatable bonds is 5. The summed E-state index contributed by atoms with van der Waals surface area (Å²) in [6.45, 7) is 1.92. The summed E-state index contributed by atoms with van der Waals surface area (Å²) in [7, 11) is 1.68. The molecule has 3 rings (SSSR count). The predicted octanol–water partition coefficient (Wildman–Crippen LogP) is 4.80. The molecule has 0 aliphatic carbocycles. The molecular weight excluding hydrogens is 399 g/mol. The summed E-state index contributed by atoms with van der Waals surface area (Å²) in [5.74, 6) is -0.864. The maximum Gasteiger partial charge on any atom is 0.276 e. The number of H-pyrrole nitrogens is 1. The number of aromatic nitrogens is 2. The molecule has 0 aliphatic heterocycles. The van der Waals surface area contributed by atoms with Crippen LogP contribution in [-0.4, -0.2) is 33.7 Å². The molecule has 0 aliphatic rings. The van der Waals surface area contributed by atoms with Gasteiger partial charge >= 0.3 is 0 Å². The molecule has 144 valence electrons. The third kappa shape index (κ3) is 4.18. The fraction of sp³-hybridized carbons (Fsp3) is 0.150. The lowest BCUT2D eigenvalue weighted by Crippen LogP contribution is -2.31. The van der Waals surface area contributed by atoms with Crippen LogP contribution in [0.1, 0.15) is 39.5 Å². The molecule has 2 aromatic carbocycles. The molecular formula is C20H18Cl2N4O2. The van der Waals surface area contributed by atoms with Crippen molar-refractivity contribution in [3.05, 3.63) is 81.9 Å². The molecule has 0 unspecified atom stereocenters. The number of halogens is 2. The molecule has 0 spiro atoms. The Hall–Kier alpha value is -2.83. The van der Waals surface area contributed by atoms with E-state index in [1.54, 1.807) is 24.1 Å². The van der Waals surface area contributed by atoms with E-state index >= 15 is 0 Å². The molecule has 0 saturated carbocycles. The summed E-state index contributed by atoms with van der Waals surface area (Å²) < 4.78 is 0. The summed E-state index contributed by atoms with van der Waals surface area (Å²) in [5, 5.41) is 3.37. The first-order valence-electron chi connectivity index (χ1n) is 8.50. The highest BCUT2D eigenvalue weighted by atomic mass is 35.5. The fourth-order valence-corrected chi connectivity index (χ4v) is 3.00. The van der Waals surface area contributed by atoms with Gasteiger partial charge in [-0.1, -0.05) is 53.5 Å². The van der Waals surface area contributed by atoms with Crippen LogP contribution < -0.4 is 5.32 Å². The van der Waals surface area contributed by atoms with Crippen LogP contribution in [-0.2, 0) is 0 Å². The van der Waals surface area contributed by atoms with Gasteiger partial charge in [0.1, 0.15) is 5.69 Å². The average Bonchev–Trinajstić information content (AvgIpc) is 3.19. The molecule has 2 N–H and O–H groups in total. The molecule has 0 fully saturated rings. The zero-order chi connectivity index (χ0) is 20.3. The van der Waals surface area contributed by atoms with Crippen LogP contribution in [0.3, 0.4) is 0 Å². The van der Waals surface area contributed by atoms with Crippen LogP contribution in [0.5, 0.6) is 0 Å². The van der Waals surface area contributed by atoms with Crippen LogP contribution >= 0.6 is 23.2 Å². The van der Waals surface area contributed by atoms with Crippen molar-refractivity contribution in [3.8, 4) is 0 Å². The number of imidazole rings is 1. The third-order valence-electron chi connectivity index (χ3n) is 4.43. The number of aromatic amines is 1. The van der Waals surface area contributed by atoms with E-state index in [9.17, 15) is 9.59 Å². The lowest BCUT2D eigenvalue weighted by atomic mass is 10.1. The molecule has 1 atom stereocenters. The molecule has 0 saturated heterocycles. The number of hydrogen-bond acceptors (Lipinski definition) is 3. The normalized spacial score (nSPS) is 11.7. The standard InChI is InChI=1S/C20H18Cl2N4O2/c1-12(13-6-4-3-5-7-13)26(2)20(28)18-17(23-11-24-18)19(27)25-14-8-9-15(21)16(22)10-14/h3-12H,1-2H3,(H,23,24)(H,25,27)/t12-/m1/s1. The number of carbonyl (C=O) groups excluding carboxylic acids is 2. The first kappa shape index (κ1) is 19.9. The summed E-state index contributed by atoms with van der Waals surface area (Å²) in [6, 6.07) is 14.2. The molecule has 0 bridgehead atoms. The average molecular weight is 417 g/mol. The minimum Gasteiger partial charge on any atom is -0.340 e. The molecule has 6 nitrogen and oxygen atoms in total. The number of nitrogens with zero attached hydrogens (tertiary/aromatic N) is 2. The monoisotopic (exact) mass is 416 g/mol. The van der Waals surface area contributed by atoms with Gasteiger partial charge < -0.3 is 15.2 Å². The predicted molar refractivity (Wildman–Crippen MR) is 110 cm³/mol. The van der Waals surface area contributed by atoms with E-state index in [0.29, 0.717) is 15.7 Å². The molecule has 1 heterocycles. The highest BCUT2D eigenvalue weighted by Gasteiger charge is 2.26. The van der Waals surface area contributed by atoms with Crippen molar-refractivity contribution in [2.45, 2.75) is 13.0 Å². The quantitative estimate of drug-likeness (QED) is 0.626. The number of amides is 2. The van der Waals surface area contributed by atoms with E-state index in [1.807, 2.05) is 37.3 Å². The zero-order valence-corrected chi connectivity index (χ0v) is 16.8. The molecule has 0 radical (unpaired) electrons. The second kappa shape index (κ2) is 8.46. The minimum atomic E-state index is -0.524. The summed E-state index contributed by atoms with van der Waals surface area (Å²) >= 11 is 11.9. The van der Waals surface area contributed by atoms with Gasteiger partial charge in [0.05, 0.1) is 22.4 Å². The van der Waals surface area contributed by atoms with Gasteiger partial charge in [0.2, 0.25) is 0 Å². The Labute approximate surface area is 172 Å². The van der Waals surface area contributed by atoms with Gasteiger partial charge in [0.25, 0.3) is 11.8 Å². The van der Waals surface area contributed by atoms with Crippen molar-refractivity contribution < 1.29 is 9.59 Å². The van der Waals surface area contributed by atoms with Crippen molar-refractivity contribution in [3.63, 3.8) is 0 Å². The maximum atomic E-state index is 12.9. The van der Waals surface area contributed by atoms with E-state index in [2.05, 4.69) is 15.3 Å². The van der Waals surface area contributed by atoms with Gasteiger partial charge in [-0.05, 0) is 30.7 Å². The Morgan fingerprint density at radius 1 is 1.11 bits per heavy atom. The number of benzene rings is 2. The van der Waals surface area contributed by atoms with Crippen LogP contribution in [0.2, 0.25) is 10.0 Å². The van der Waals surface area contributed by atoms with E-state index in [4.69, 9.17) is 23.2 Å². The third-order valence-corrected chi connectivity index (χ3v) is 5.17. The highest BCUT2D eigenvalue weighted by molar-refractivity contribution is 6.42.